The fourth-order valence-corrected chi connectivity index (χ4v) is 2.80. The van der Waals surface area contributed by atoms with E-state index in [1.807, 2.05) is 6.92 Å². The van der Waals surface area contributed by atoms with E-state index in [2.05, 4.69) is 6.92 Å². The highest BCUT2D eigenvalue weighted by molar-refractivity contribution is 7.89. The minimum atomic E-state index is -3.11. The van der Waals surface area contributed by atoms with Crippen molar-refractivity contribution in [3.05, 3.63) is 0 Å². The molecule has 0 saturated heterocycles. The Morgan fingerprint density at radius 3 is 2.27 bits per heavy atom. The molecule has 92 valence electrons. The van der Waals surface area contributed by atoms with Crippen molar-refractivity contribution < 1.29 is 13.2 Å². The van der Waals surface area contributed by atoms with Crippen LogP contribution in [-0.2, 0) is 14.8 Å². The molecule has 0 spiro atoms. The molecule has 0 aromatic rings. The molecule has 0 aliphatic carbocycles. The number of sulfonamides is 1. The first-order valence-electron chi connectivity index (χ1n) is 5.55. The van der Waals surface area contributed by atoms with Crippen LogP contribution in [0.1, 0.15) is 33.1 Å². The number of nitrogens with zero attached hydrogens (tertiary/aromatic N) is 1. The normalized spacial score (nSPS) is 12.3. The SMILES string of the molecule is CCCCN(CCC)S(=O)(=O)CCOC. The highest BCUT2D eigenvalue weighted by Gasteiger charge is 2.19. The number of ether oxygens (including phenoxy) is 1. The van der Waals surface area contributed by atoms with Gasteiger partial charge < -0.3 is 4.74 Å². The third-order valence-corrected chi connectivity index (χ3v) is 4.01. The summed E-state index contributed by atoms with van der Waals surface area (Å²) in [6, 6.07) is 0. The minimum absolute atomic E-state index is 0.0905. The average Bonchev–Trinajstić information content (AvgIpc) is 2.21. The molecule has 0 amide bonds. The van der Waals surface area contributed by atoms with E-state index in [4.69, 9.17) is 4.74 Å². The summed E-state index contributed by atoms with van der Waals surface area (Å²) >= 11 is 0. The Hall–Kier alpha value is -0.130. The molecule has 5 heteroatoms. The third kappa shape index (κ3) is 6.12. The Morgan fingerprint density at radius 1 is 1.13 bits per heavy atom. The molecule has 0 bridgehead atoms. The lowest BCUT2D eigenvalue weighted by Gasteiger charge is -2.21. The van der Waals surface area contributed by atoms with Gasteiger partial charge in [0.25, 0.3) is 0 Å². The summed E-state index contributed by atoms with van der Waals surface area (Å²) in [7, 11) is -1.59. The standard InChI is InChI=1S/C10H23NO3S/c1-4-6-8-11(7-5-2)15(12,13)10-9-14-3/h4-10H2,1-3H3. The quantitative estimate of drug-likeness (QED) is 0.610. The zero-order valence-corrected chi connectivity index (χ0v) is 10.8. The molecule has 0 aromatic heterocycles. The van der Waals surface area contributed by atoms with Crippen LogP contribution >= 0.6 is 0 Å². The van der Waals surface area contributed by atoms with Crippen LogP contribution in [0.5, 0.6) is 0 Å². The van der Waals surface area contributed by atoms with Gasteiger partial charge in [-0.1, -0.05) is 20.3 Å². The molecule has 0 aliphatic rings. The van der Waals surface area contributed by atoms with Crippen molar-refractivity contribution in [2.75, 3.05) is 32.6 Å². The molecular weight excluding hydrogens is 214 g/mol. The second-order valence-corrected chi connectivity index (χ2v) is 5.65. The van der Waals surface area contributed by atoms with Crippen LogP contribution in [0.15, 0.2) is 0 Å². The van der Waals surface area contributed by atoms with Crippen LogP contribution < -0.4 is 0 Å². The van der Waals surface area contributed by atoms with E-state index in [9.17, 15) is 8.42 Å². The summed E-state index contributed by atoms with van der Waals surface area (Å²) < 4.78 is 30.0. The number of hydrogen-bond acceptors (Lipinski definition) is 3. The van der Waals surface area contributed by atoms with Crippen molar-refractivity contribution >= 4 is 10.0 Å². The van der Waals surface area contributed by atoms with Gasteiger partial charge in [-0.3, -0.25) is 0 Å². The van der Waals surface area contributed by atoms with E-state index in [1.165, 1.54) is 7.11 Å². The van der Waals surface area contributed by atoms with E-state index < -0.39 is 10.0 Å². The summed E-state index contributed by atoms with van der Waals surface area (Å²) in [4.78, 5) is 0. The Labute approximate surface area is 93.7 Å². The zero-order valence-electron chi connectivity index (χ0n) is 10.0. The van der Waals surface area contributed by atoms with Gasteiger partial charge >= 0.3 is 0 Å². The third-order valence-electron chi connectivity index (χ3n) is 2.17. The fraction of sp³-hybridized carbons (Fsp3) is 1.00. The van der Waals surface area contributed by atoms with Gasteiger partial charge in [0.1, 0.15) is 0 Å². The van der Waals surface area contributed by atoms with Crippen LogP contribution in [0.2, 0.25) is 0 Å². The first kappa shape index (κ1) is 14.9. The Bertz CT molecular complexity index is 239. The van der Waals surface area contributed by atoms with Gasteiger partial charge in [0.15, 0.2) is 0 Å². The number of hydrogen-bond donors (Lipinski definition) is 0. The molecule has 0 rings (SSSR count). The van der Waals surface area contributed by atoms with Crippen molar-refractivity contribution in [1.82, 2.24) is 4.31 Å². The van der Waals surface area contributed by atoms with Gasteiger partial charge in [-0.25, -0.2) is 12.7 Å². The van der Waals surface area contributed by atoms with Gasteiger partial charge in [0.2, 0.25) is 10.0 Å². The van der Waals surface area contributed by atoms with Gasteiger partial charge in [0, 0.05) is 20.2 Å². The fourth-order valence-electron chi connectivity index (χ4n) is 1.29. The highest BCUT2D eigenvalue weighted by Crippen LogP contribution is 2.05. The summed E-state index contributed by atoms with van der Waals surface area (Å²) in [5.74, 6) is 0.0905. The van der Waals surface area contributed by atoms with Crippen LogP contribution in [0.4, 0.5) is 0 Å². The predicted molar refractivity (Wildman–Crippen MR) is 62.4 cm³/mol. The molecule has 0 fully saturated rings. The second-order valence-electron chi connectivity index (χ2n) is 3.56. The number of rotatable bonds is 9. The maximum absolute atomic E-state index is 11.8. The van der Waals surface area contributed by atoms with E-state index >= 15 is 0 Å². The molecule has 0 aliphatic heterocycles. The van der Waals surface area contributed by atoms with Crippen molar-refractivity contribution in [3.8, 4) is 0 Å². The van der Waals surface area contributed by atoms with Crippen molar-refractivity contribution in [2.45, 2.75) is 33.1 Å². The van der Waals surface area contributed by atoms with Gasteiger partial charge in [-0.05, 0) is 12.8 Å². The Balaban J connectivity index is 4.30. The minimum Gasteiger partial charge on any atom is -0.384 e. The molecule has 0 heterocycles. The van der Waals surface area contributed by atoms with E-state index in [-0.39, 0.29) is 12.4 Å². The number of unbranched alkanes of at least 4 members (excludes halogenated alkanes) is 1. The molecule has 0 atom stereocenters. The van der Waals surface area contributed by atoms with Crippen molar-refractivity contribution in [1.29, 1.82) is 0 Å². The molecule has 4 nitrogen and oxygen atoms in total. The topological polar surface area (TPSA) is 46.6 Å². The largest absolute Gasteiger partial charge is 0.384 e. The predicted octanol–water partition coefficient (Wildman–Crippen LogP) is 1.47. The van der Waals surface area contributed by atoms with Crippen molar-refractivity contribution in [3.63, 3.8) is 0 Å². The van der Waals surface area contributed by atoms with Crippen LogP contribution in [0, 0.1) is 0 Å². The Morgan fingerprint density at radius 2 is 1.80 bits per heavy atom. The molecule has 0 saturated carbocycles. The van der Waals surface area contributed by atoms with Gasteiger partial charge in [-0.15, -0.1) is 0 Å². The highest BCUT2D eigenvalue weighted by atomic mass is 32.2. The molecule has 0 radical (unpaired) electrons. The zero-order chi connectivity index (χ0) is 11.7. The maximum atomic E-state index is 11.8. The summed E-state index contributed by atoms with van der Waals surface area (Å²) in [5.41, 5.74) is 0. The average molecular weight is 237 g/mol. The summed E-state index contributed by atoms with van der Waals surface area (Å²) in [6.07, 6.45) is 2.79. The molecule has 0 aromatic carbocycles. The first-order chi connectivity index (χ1) is 7.08. The lowest BCUT2D eigenvalue weighted by molar-refractivity contribution is 0.215. The van der Waals surface area contributed by atoms with Crippen LogP contribution in [0.3, 0.4) is 0 Å². The maximum Gasteiger partial charge on any atom is 0.216 e. The van der Waals surface area contributed by atoms with Crippen LogP contribution in [-0.4, -0.2) is 45.3 Å². The lowest BCUT2D eigenvalue weighted by Crippen LogP contribution is -2.35. The molecule has 0 unspecified atom stereocenters. The van der Waals surface area contributed by atoms with Crippen molar-refractivity contribution in [2.24, 2.45) is 0 Å². The molecule has 0 N–H and O–H groups in total. The number of methoxy groups -OCH3 is 1. The monoisotopic (exact) mass is 237 g/mol. The van der Waals surface area contributed by atoms with E-state index in [1.54, 1.807) is 4.31 Å². The summed E-state index contributed by atoms with van der Waals surface area (Å²) in [6.45, 7) is 5.58. The van der Waals surface area contributed by atoms with E-state index in [0.29, 0.717) is 13.1 Å². The van der Waals surface area contributed by atoms with Gasteiger partial charge in [0.05, 0.1) is 12.4 Å². The Kier molecular flexibility index (Phi) is 8.00. The molecular formula is C10H23NO3S. The molecule has 15 heavy (non-hydrogen) atoms. The van der Waals surface area contributed by atoms with Crippen LogP contribution in [0.25, 0.3) is 0 Å². The van der Waals surface area contributed by atoms with Gasteiger partial charge in [-0.2, -0.15) is 0 Å². The summed E-state index contributed by atoms with van der Waals surface area (Å²) in [5, 5.41) is 0. The first-order valence-corrected chi connectivity index (χ1v) is 7.16. The second kappa shape index (κ2) is 8.07. The lowest BCUT2D eigenvalue weighted by atomic mass is 10.3. The van der Waals surface area contributed by atoms with E-state index in [0.717, 1.165) is 19.3 Å². The smallest absolute Gasteiger partial charge is 0.216 e.